The molecular formula is C16H22N4O. The topological polar surface area (TPSA) is 72.9 Å². The normalized spacial score (nSPS) is 15.4. The second kappa shape index (κ2) is 6.10. The number of carbonyl (C=O) groups excluding carboxylic acids is 1. The van der Waals surface area contributed by atoms with E-state index in [2.05, 4.69) is 21.8 Å². The summed E-state index contributed by atoms with van der Waals surface area (Å²) < 4.78 is 2.08. The first kappa shape index (κ1) is 15.3. The van der Waals surface area contributed by atoms with E-state index in [0.717, 1.165) is 11.4 Å². The standard InChI is InChI=1S/C16H22N4O/c1-12(11-16(2,18-3)15(17)21)20-10-9-19-14(20)13-7-5-4-6-8-13/h4-10,12,18H,11H2,1-3H3,(H2,17,21). The predicted octanol–water partition coefficient (Wildman–Crippen LogP) is 1.96. The molecule has 0 saturated carbocycles. The molecule has 2 unspecified atom stereocenters. The minimum absolute atomic E-state index is 0.0904. The highest BCUT2D eigenvalue weighted by atomic mass is 16.1. The van der Waals surface area contributed by atoms with Crippen LogP contribution in [0.5, 0.6) is 0 Å². The van der Waals surface area contributed by atoms with E-state index in [1.807, 2.05) is 43.5 Å². The third kappa shape index (κ3) is 3.13. The van der Waals surface area contributed by atoms with Crippen molar-refractivity contribution in [3.05, 3.63) is 42.7 Å². The van der Waals surface area contributed by atoms with Crippen molar-refractivity contribution in [3.8, 4) is 11.4 Å². The molecule has 1 aromatic heterocycles. The molecule has 0 aliphatic heterocycles. The average molecular weight is 286 g/mol. The van der Waals surface area contributed by atoms with E-state index in [0.29, 0.717) is 6.42 Å². The lowest BCUT2D eigenvalue weighted by Gasteiger charge is -2.29. The number of nitrogens with one attached hydrogen (secondary N) is 1. The van der Waals surface area contributed by atoms with Gasteiger partial charge >= 0.3 is 0 Å². The van der Waals surface area contributed by atoms with Crippen molar-refractivity contribution < 1.29 is 4.79 Å². The Morgan fingerprint density at radius 2 is 2.10 bits per heavy atom. The fraction of sp³-hybridized carbons (Fsp3) is 0.375. The summed E-state index contributed by atoms with van der Waals surface area (Å²) in [6.07, 6.45) is 4.30. The summed E-state index contributed by atoms with van der Waals surface area (Å²) in [6, 6.07) is 10.1. The molecule has 0 radical (unpaired) electrons. The van der Waals surface area contributed by atoms with Crippen molar-refractivity contribution >= 4 is 5.91 Å². The molecule has 5 heteroatoms. The Kier molecular flexibility index (Phi) is 4.43. The second-order valence-corrected chi connectivity index (χ2v) is 5.52. The lowest BCUT2D eigenvalue weighted by atomic mass is 9.93. The van der Waals surface area contributed by atoms with Crippen molar-refractivity contribution in [3.63, 3.8) is 0 Å². The number of hydrogen-bond donors (Lipinski definition) is 2. The number of rotatable bonds is 6. The maximum atomic E-state index is 11.6. The highest BCUT2D eigenvalue weighted by Gasteiger charge is 2.31. The fourth-order valence-electron chi connectivity index (χ4n) is 2.49. The maximum absolute atomic E-state index is 11.6. The number of imidazole rings is 1. The molecule has 0 bridgehead atoms. The first-order valence-corrected chi connectivity index (χ1v) is 7.05. The Labute approximate surface area is 125 Å². The van der Waals surface area contributed by atoms with Crippen LogP contribution in [0, 0.1) is 0 Å². The van der Waals surface area contributed by atoms with Gasteiger partial charge in [-0.15, -0.1) is 0 Å². The van der Waals surface area contributed by atoms with E-state index in [1.54, 1.807) is 13.2 Å². The molecule has 1 heterocycles. The smallest absolute Gasteiger partial charge is 0.237 e. The molecule has 3 N–H and O–H groups in total. The van der Waals surface area contributed by atoms with Crippen molar-refractivity contribution in [1.82, 2.24) is 14.9 Å². The van der Waals surface area contributed by atoms with Crippen molar-refractivity contribution in [2.75, 3.05) is 7.05 Å². The minimum atomic E-state index is -0.738. The zero-order chi connectivity index (χ0) is 15.5. The van der Waals surface area contributed by atoms with Crippen LogP contribution in [0.15, 0.2) is 42.7 Å². The highest BCUT2D eigenvalue weighted by Crippen LogP contribution is 2.26. The third-order valence-electron chi connectivity index (χ3n) is 3.97. The number of amides is 1. The Morgan fingerprint density at radius 3 is 2.67 bits per heavy atom. The van der Waals surface area contributed by atoms with Gasteiger partial charge in [0.15, 0.2) is 0 Å². The fourth-order valence-corrected chi connectivity index (χ4v) is 2.49. The van der Waals surface area contributed by atoms with Crippen LogP contribution in [0.3, 0.4) is 0 Å². The highest BCUT2D eigenvalue weighted by molar-refractivity contribution is 5.84. The van der Waals surface area contributed by atoms with Gasteiger partial charge in [0.05, 0.1) is 5.54 Å². The molecule has 112 valence electrons. The monoisotopic (exact) mass is 286 g/mol. The quantitative estimate of drug-likeness (QED) is 0.852. The van der Waals surface area contributed by atoms with E-state index in [-0.39, 0.29) is 11.9 Å². The summed E-state index contributed by atoms with van der Waals surface area (Å²) >= 11 is 0. The van der Waals surface area contributed by atoms with Gasteiger partial charge in [0.2, 0.25) is 5.91 Å². The summed E-state index contributed by atoms with van der Waals surface area (Å²) in [6.45, 7) is 3.89. The van der Waals surface area contributed by atoms with Gasteiger partial charge in [0.1, 0.15) is 5.82 Å². The SMILES string of the molecule is CNC(C)(CC(C)n1ccnc1-c1ccccc1)C(N)=O. The second-order valence-electron chi connectivity index (χ2n) is 5.52. The molecule has 1 aromatic carbocycles. The largest absolute Gasteiger partial charge is 0.368 e. The van der Waals surface area contributed by atoms with E-state index < -0.39 is 5.54 Å². The number of benzene rings is 1. The molecule has 0 fully saturated rings. The molecule has 21 heavy (non-hydrogen) atoms. The number of carbonyl (C=O) groups is 1. The van der Waals surface area contributed by atoms with Crippen LogP contribution < -0.4 is 11.1 Å². The van der Waals surface area contributed by atoms with Crippen LogP contribution in [0.25, 0.3) is 11.4 Å². The summed E-state index contributed by atoms with van der Waals surface area (Å²) in [4.78, 5) is 16.1. The van der Waals surface area contributed by atoms with E-state index >= 15 is 0 Å². The average Bonchev–Trinajstić information content (AvgIpc) is 2.97. The van der Waals surface area contributed by atoms with Gasteiger partial charge in [-0.05, 0) is 27.3 Å². The van der Waals surface area contributed by atoms with Crippen LogP contribution in [0.1, 0.15) is 26.3 Å². The number of nitrogens with zero attached hydrogens (tertiary/aromatic N) is 2. The molecule has 0 saturated heterocycles. The van der Waals surface area contributed by atoms with Crippen LogP contribution >= 0.6 is 0 Å². The summed E-state index contributed by atoms with van der Waals surface area (Å²) in [5.74, 6) is 0.546. The molecule has 0 aliphatic rings. The number of aromatic nitrogens is 2. The first-order chi connectivity index (χ1) is 9.98. The van der Waals surface area contributed by atoms with E-state index in [4.69, 9.17) is 5.73 Å². The Hall–Kier alpha value is -2.14. The number of hydrogen-bond acceptors (Lipinski definition) is 3. The molecule has 2 rings (SSSR count). The van der Waals surface area contributed by atoms with Crippen LogP contribution in [-0.4, -0.2) is 28.0 Å². The number of likely N-dealkylation sites (N-methyl/N-ethyl adjacent to an activating group) is 1. The summed E-state index contributed by atoms with van der Waals surface area (Å²) in [5.41, 5.74) is 5.82. The van der Waals surface area contributed by atoms with Gasteiger partial charge in [-0.3, -0.25) is 4.79 Å². The maximum Gasteiger partial charge on any atom is 0.237 e. The van der Waals surface area contributed by atoms with E-state index in [1.165, 1.54) is 0 Å². The Bertz CT molecular complexity index is 608. The molecule has 1 amide bonds. The molecular weight excluding hydrogens is 264 g/mol. The van der Waals surface area contributed by atoms with Crippen LogP contribution in [0.2, 0.25) is 0 Å². The van der Waals surface area contributed by atoms with Gasteiger partial charge in [-0.25, -0.2) is 4.98 Å². The Morgan fingerprint density at radius 1 is 1.43 bits per heavy atom. The lowest BCUT2D eigenvalue weighted by molar-refractivity contribution is -0.124. The zero-order valence-electron chi connectivity index (χ0n) is 12.7. The minimum Gasteiger partial charge on any atom is -0.368 e. The number of primary amides is 1. The van der Waals surface area contributed by atoms with Crippen molar-refractivity contribution in [2.45, 2.75) is 31.8 Å². The zero-order valence-corrected chi connectivity index (χ0v) is 12.7. The van der Waals surface area contributed by atoms with Crippen LogP contribution in [0.4, 0.5) is 0 Å². The summed E-state index contributed by atoms with van der Waals surface area (Å²) in [5, 5.41) is 3.02. The molecule has 2 atom stereocenters. The van der Waals surface area contributed by atoms with Crippen molar-refractivity contribution in [1.29, 1.82) is 0 Å². The van der Waals surface area contributed by atoms with Gasteiger partial charge in [0, 0.05) is 24.0 Å². The summed E-state index contributed by atoms with van der Waals surface area (Å²) in [7, 11) is 1.75. The Balaban J connectivity index is 2.28. The van der Waals surface area contributed by atoms with E-state index in [9.17, 15) is 4.79 Å². The predicted molar refractivity (Wildman–Crippen MR) is 83.7 cm³/mol. The molecule has 0 aliphatic carbocycles. The van der Waals surface area contributed by atoms with Gasteiger partial charge < -0.3 is 15.6 Å². The lowest BCUT2D eigenvalue weighted by Crippen LogP contribution is -2.52. The molecule has 0 spiro atoms. The third-order valence-corrected chi connectivity index (χ3v) is 3.97. The van der Waals surface area contributed by atoms with Gasteiger partial charge in [-0.2, -0.15) is 0 Å². The first-order valence-electron chi connectivity index (χ1n) is 7.05. The molecule has 5 nitrogen and oxygen atoms in total. The molecule has 2 aromatic rings. The number of nitrogens with two attached hydrogens (primary N) is 1. The van der Waals surface area contributed by atoms with Crippen LogP contribution in [-0.2, 0) is 4.79 Å². The van der Waals surface area contributed by atoms with Gasteiger partial charge in [-0.1, -0.05) is 30.3 Å². The van der Waals surface area contributed by atoms with Gasteiger partial charge in [0.25, 0.3) is 0 Å². The van der Waals surface area contributed by atoms with Crippen molar-refractivity contribution in [2.24, 2.45) is 5.73 Å².